The predicted molar refractivity (Wildman–Crippen MR) is 138 cm³/mol. The van der Waals surface area contributed by atoms with Crippen molar-refractivity contribution in [3.63, 3.8) is 0 Å². The first-order valence-corrected chi connectivity index (χ1v) is 12.8. The number of hydrogen-bond donors (Lipinski definition) is 3. The second-order valence-corrected chi connectivity index (χ2v) is 9.52. The molecule has 0 atom stereocenters. The summed E-state index contributed by atoms with van der Waals surface area (Å²) >= 11 is 0. The zero-order chi connectivity index (χ0) is 29.6. The number of ether oxygens (including phenoxy) is 2. The molecule has 0 bridgehead atoms. The van der Waals surface area contributed by atoms with Gasteiger partial charge in [-0.2, -0.15) is 18.4 Å². The Morgan fingerprint density at radius 1 is 1.17 bits per heavy atom. The molecule has 3 N–H and O–H groups in total. The van der Waals surface area contributed by atoms with Gasteiger partial charge in [-0.25, -0.2) is 9.18 Å². The van der Waals surface area contributed by atoms with E-state index in [1.165, 1.54) is 12.1 Å². The highest BCUT2D eigenvalue weighted by molar-refractivity contribution is 5.85. The molecule has 1 aromatic carbocycles. The summed E-state index contributed by atoms with van der Waals surface area (Å²) < 4.78 is 57.5. The van der Waals surface area contributed by atoms with E-state index in [-0.39, 0.29) is 11.4 Å². The van der Waals surface area contributed by atoms with Crippen LogP contribution < -0.4 is 20.3 Å². The molecule has 10 nitrogen and oxygen atoms in total. The molecule has 41 heavy (non-hydrogen) atoms. The van der Waals surface area contributed by atoms with Gasteiger partial charge >= 0.3 is 12.1 Å². The van der Waals surface area contributed by atoms with Gasteiger partial charge in [0.25, 0.3) is 0 Å². The normalized spacial score (nSPS) is 15.6. The third-order valence-corrected chi connectivity index (χ3v) is 6.72. The van der Waals surface area contributed by atoms with Crippen molar-refractivity contribution in [3.8, 4) is 17.6 Å². The predicted octanol–water partition coefficient (Wildman–Crippen LogP) is 3.14. The van der Waals surface area contributed by atoms with Crippen molar-refractivity contribution in [2.75, 3.05) is 32.8 Å². The highest BCUT2D eigenvalue weighted by Gasteiger charge is 2.38. The van der Waals surface area contributed by atoms with E-state index in [1.54, 1.807) is 12.3 Å². The number of alkyl halides is 3. The fourth-order valence-corrected chi connectivity index (χ4v) is 4.58. The van der Waals surface area contributed by atoms with Gasteiger partial charge in [0.2, 0.25) is 5.56 Å². The van der Waals surface area contributed by atoms with Gasteiger partial charge in [-0.15, -0.1) is 0 Å². The Bertz CT molecular complexity index is 1500. The molecule has 0 amide bonds. The number of halogens is 4. The maximum Gasteiger partial charge on any atom is 0.490 e. The van der Waals surface area contributed by atoms with E-state index < -0.39 is 17.7 Å². The van der Waals surface area contributed by atoms with Crippen LogP contribution in [0.15, 0.2) is 35.3 Å². The van der Waals surface area contributed by atoms with Gasteiger partial charge in [0.15, 0.2) is 11.5 Å². The first-order valence-electron chi connectivity index (χ1n) is 12.8. The quantitative estimate of drug-likeness (QED) is 0.377. The van der Waals surface area contributed by atoms with Crippen LogP contribution in [0.2, 0.25) is 0 Å². The largest absolute Gasteiger partial charge is 0.490 e. The lowest BCUT2D eigenvalue weighted by atomic mass is 10.0. The fourth-order valence-electron chi connectivity index (χ4n) is 4.58. The van der Waals surface area contributed by atoms with E-state index in [2.05, 4.69) is 20.2 Å². The van der Waals surface area contributed by atoms with Crippen molar-refractivity contribution in [3.05, 3.63) is 63.5 Å². The van der Waals surface area contributed by atoms with Crippen LogP contribution in [0.25, 0.3) is 10.9 Å². The number of aromatic amines is 1. The second kappa shape index (κ2) is 13.0. The molecule has 5 rings (SSSR count). The molecule has 1 fully saturated rings. The van der Waals surface area contributed by atoms with Gasteiger partial charge in [0.1, 0.15) is 25.1 Å². The first kappa shape index (κ1) is 29.8. The third kappa shape index (κ3) is 7.92. The van der Waals surface area contributed by atoms with Crippen LogP contribution in [0.3, 0.4) is 0 Å². The molecule has 0 saturated carbocycles. The van der Waals surface area contributed by atoms with Crippen molar-refractivity contribution in [2.24, 2.45) is 0 Å². The summed E-state index contributed by atoms with van der Waals surface area (Å²) in [5, 5.41) is 20.6. The molecule has 0 aliphatic carbocycles. The molecule has 218 valence electrons. The Balaban J connectivity index is 0.000000493. The molecule has 2 aliphatic rings. The number of nitrogens with one attached hydrogen (secondary N) is 2. The highest BCUT2D eigenvalue weighted by atomic mass is 19.4. The molecular formula is C27H27F4N5O5. The molecule has 14 heteroatoms. The van der Waals surface area contributed by atoms with E-state index in [4.69, 9.17) is 19.4 Å². The van der Waals surface area contributed by atoms with E-state index in [0.29, 0.717) is 54.4 Å². The Kier molecular flexibility index (Phi) is 9.41. The minimum atomic E-state index is -5.08. The molecule has 2 aliphatic heterocycles. The summed E-state index contributed by atoms with van der Waals surface area (Å²) in [5.41, 5.74) is 1.69. The van der Waals surface area contributed by atoms with E-state index >= 15 is 0 Å². The van der Waals surface area contributed by atoms with Crippen molar-refractivity contribution in [1.82, 2.24) is 20.2 Å². The fraction of sp³-hybridized carbons (Fsp3) is 0.407. The highest BCUT2D eigenvalue weighted by Crippen LogP contribution is 2.29. The number of carboxylic acid groups (broad SMARTS) is 1. The van der Waals surface area contributed by atoms with Crippen LogP contribution in [0.1, 0.15) is 29.7 Å². The maximum absolute atomic E-state index is 14.6. The molecule has 3 aromatic rings. The van der Waals surface area contributed by atoms with Crippen molar-refractivity contribution >= 4 is 16.9 Å². The Hall–Kier alpha value is -4.22. The number of pyridine rings is 2. The third-order valence-electron chi connectivity index (χ3n) is 6.72. The number of nitriles is 1. The van der Waals surface area contributed by atoms with Gasteiger partial charge in [-0.3, -0.25) is 9.78 Å². The number of piperidine rings is 1. The SMILES string of the molecule is N#Cc1cc(=O)[nH]c2cc(F)c(CCN3CCC(NCc4cc5c(cn4)OCCO5)CC3)cc12.O=C(O)C(F)(F)F. The number of hydrogen-bond acceptors (Lipinski definition) is 8. The van der Waals surface area contributed by atoms with Crippen molar-refractivity contribution in [1.29, 1.82) is 5.26 Å². The summed E-state index contributed by atoms with van der Waals surface area (Å²) in [6.07, 6.45) is -0.808. The van der Waals surface area contributed by atoms with Crippen LogP contribution in [0, 0.1) is 17.1 Å². The first-order chi connectivity index (χ1) is 19.5. The minimum absolute atomic E-state index is 0.263. The molecule has 4 heterocycles. The number of carbonyl (C=O) groups is 1. The minimum Gasteiger partial charge on any atom is -0.486 e. The number of carboxylic acids is 1. The topological polar surface area (TPSA) is 141 Å². The van der Waals surface area contributed by atoms with E-state index in [1.807, 2.05) is 12.1 Å². The lowest BCUT2D eigenvalue weighted by Gasteiger charge is -2.32. The Labute approximate surface area is 231 Å². The molecule has 0 radical (unpaired) electrons. The number of rotatable bonds is 6. The van der Waals surface area contributed by atoms with Gasteiger partial charge < -0.3 is 29.8 Å². The zero-order valence-corrected chi connectivity index (χ0v) is 21.8. The van der Waals surface area contributed by atoms with Crippen LogP contribution in [-0.4, -0.2) is 71.0 Å². The second-order valence-electron chi connectivity index (χ2n) is 9.52. The van der Waals surface area contributed by atoms with Crippen molar-refractivity contribution in [2.45, 2.75) is 38.0 Å². The average molecular weight is 578 g/mol. The number of likely N-dealkylation sites (tertiary alicyclic amines) is 1. The smallest absolute Gasteiger partial charge is 0.486 e. The molecular weight excluding hydrogens is 550 g/mol. The standard InChI is InChI=1S/C25H26FN5O3.C2HF3O2/c26-21-12-22-20(17(13-27)10-25(32)30-22)9-16(21)1-4-31-5-2-18(3-6-31)28-14-19-11-23-24(15-29-19)34-8-7-33-23;3-2(4,5)1(6)7/h9-12,15,18,28H,1-8,14H2,(H,30,32);(H,6,7). The Morgan fingerprint density at radius 3 is 2.51 bits per heavy atom. The maximum atomic E-state index is 14.6. The van der Waals surface area contributed by atoms with Gasteiger partial charge in [-0.1, -0.05) is 0 Å². The van der Waals surface area contributed by atoms with Crippen LogP contribution >= 0.6 is 0 Å². The van der Waals surface area contributed by atoms with Crippen LogP contribution in [0.4, 0.5) is 17.6 Å². The number of fused-ring (bicyclic) bond motifs is 2. The molecule has 0 unspecified atom stereocenters. The number of aliphatic carboxylic acids is 1. The van der Waals surface area contributed by atoms with Gasteiger partial charge in [0.05, 0.1) is 23.0 Å². The zero-order valence-electron chi connectivity index (χ0n) is 21.8. The number of H-pyrrole nitrogens is 1. The molecule has 1 saturated heterocycles. The van der Waals surface area contributed by atoms with Crippen LogP contribution in [-0.2, 0) is 17.8 Å². The summed E-state index contributed by atoms with van der Waals surface area (Å²) in [7, 11) is 0. The summed E-state index contributed by atoms with van der Waals surface area (Å²) in [4.78, 5) is 29.9. The monoisotopic (exact) mass is 577 g/mol. The van der Waals surface area contributed by atoms with Gasteiger partial charge in [-0.05, 0) is 50.0 Å². The molecule has 2 aromatic heterocycles. The van der Waals surface area contributed by atoms with Crippen molar-refractivity contribution < 1.29 is 36.9 Å². The summed E-state index contributed by atoms with van der Waals surface area (Å²) in [5.74, 6) is -1.67. The number of nitrogens with zero attached hydrogens (tertiary/aromatic N) is 3. The lowest BCUT2D eigenvalue weighted by molar-refractivity contribution is -0.192. The average Bonchev–Trinajstić information content (AvgIpc) is 2.95. The lowest BCUT2D eigenvalue weighted by Crippen LogP contribution is -2.43. The summed E-state index contributed by atoms with van der Waals surface area (Å²) in [6.45, 7) is 4.39. The summed E-state index contributed by atoms with van der Waals surface area (Å²) in [6, 6.07) is 8.62. The van der Waals surface area contributed by atoms with E-state index in [0.717, 1.165) is 43.9 Å². The molecule has 0 spiro atoms. The Morgan fingerprint density at radius 2 is 1.85 bits per heavy atom. The van der Waals surface area contributed by atoms with E-state index in [9.17, 15) is 27.6 Å². The van der Waals surface area contributed by atoms with Gasteiger partial charge in [0, 0.05) is 36.7 Å². The number of aromatic nitrogens is 2. The number of benzene rings is 1. The van der Waals surface area contributed by atoms with Crippen LogP contribution in [0.5, 0.6) is 11.5 Å².